The Morgan fingerprint density at radius 3 is 1.94 bits per heavy atom. The molecule has 2 amide bonds. The van der Waals surface area contributed by atoms with Gasteiger partial charge in [-0.1, -0.05) is 54.6 Å². The van der Waals surface area contributed by atoms with Crippen LogP contribution < -0.4 is 21.7 Å². The third kappa shape index (κ3) is 6.94. The average molecular weight is 513 g/mol. The second kappa shape index (κ2) is 12.0. The van der Waals surface area contributed by atoms with Gasteiger partial charge in [0.1, 0.15) is 5.25 Å². The van der Waals surface area contributed by atoms with Crippen molar-refractivity contribution in [1.82, 2.24) is 0 Å². The van der Waals surface area contributed by atoms with E-state index in [4.69, 9.17) is 18.0 Å². The zero-order chi connectivity index (χ0) is 25.3. The zero-order valence-electron chi connectivity index (χ0n) is 19.2. The van der Waals surface area contributed by atoms with Gasteiger partial charge in [-0.15, -0.1) is 11.8 Å². The number of carbonyl (C=O) groups is 2. The number of nitrogens with two attached hydrogens (primary N) is 1. The highest BCUT2D eigenvalue weighted by molar-refractivity contribution is 8.00. The Morgan fingerprint density at radius 1 is 0.694 bits per heavy atom. The molecule has 0 radical (unpaired) electrons. The van der Waals surface area contributed by atoms with E-state index < -0.39 is 11.2 Å². The van der Waals surface area contributed by atoms with Gasteiger partial charge in [0.2, 0.25) is 11.8 Å². The van der Waals surface area contributed by atoms with Crippen LogP contribution in [0.15, 0.2) is 114 Å². The first-order valence-electron chi connectivity index (χ1n) is 11.1. The van der Waals surface area contributed by atoms with E-state index in [-0.39, 0.29) is 5.91 Å². The molecule has 0 aliphatic rings. The predicted octanol–water partition coefficient (Wildman–Crippen LogP) is 6.07. The van der Waals surface area contributed by atoms with E-state index in [0.717, 1.165) is 21.8 Å². The molecular formula is C28H24N4O2S2. The number of para-hydroxylation sites is 1. The Labute approximate surface area is 219 Å². The lowest BCUT2D eigenvalue weighted by Gasteiger charge is -2.18. The molecule has 0 saturated carbocycles. The molecule has 4 rings (SSSR count). The molecule has 0 heterocycles. The van der Waals surface area contributed by atoms with Crippen LogP contribution in [0.5, 0.6) is 0 Å². The maximum absolute atomic E-state index is 13.3. The molecule has 0 saturated heterocycles. The number of thiocarbonyl (C=S) groups is 1. The second-order valence-corrected chi connectivity index (χ2v) is 9.40. The maximum Gasteiger partial charge on any atom is 0.248 e. The van der Waals surface area contributed by atoms with Crippen LogP contribution in [0, 0.1) is 0 Å². The summed E-state index contributed by atoms with van der Waals surface area (Å²) in [6.45, 7) is 0. The van der Waals surface area contributed by atoms with Crippen molar-refractivity contribution in [1.29, 1.82) is 0 Å². The largest absolute Gasteiger partial charge is 0.366 e. The molecular weight excluding hydrogens is 488 g/mol. The average Bonchev–Trinajstić information content (AvgIpc) is 2.89. The Morgan fingerprint density at radius 2 is 1.28 bits per heavy atom. The first-order valence-corrected chi connectivity index (χ1v) is 12.4. The number of carbonyl (C=O) groups excluding carboxylic acids is 2. The van der Waals surface area contributed by atoms with Gasteiger partial charge in [0.25, 0.3) is 0 Å². The standard InChI is InChI=1S/C28H24N4O2S2/c29-26(33)20-14-16-22(17-15-20)30-27(34)25(19-8-3-1-4-9-19)36-24-13-7-12-23(18-24)32-28(35)31-21-10-5-2-6-11-21/h1-18,25H,(H2,29,33)(H,30,34)(H2,31,32,35). The zero-order valence-corrected chi connectivity index (χ0v) is 20.8. The quantitative estimate of drug-likeness (QED) is 0.169. The van der Waals surface area contributed by atoms with E-state index in [9.17, 15) is 9.59 Å². The molecule has 1 unspecified atom stereocenters. The van der Waals surface area contributed by atoms with E-state index in [1.807, 2.05) is 84.9 Å². The van der Waals surface area contributed by atoms with Crippen molar-refractivity contribution in [3.63, 3.8) is 0 Å². The topological polar surface area (TPSA) is 96.2 Å². The smallest absolute Gasteiger partial charge is 0.248 e. The van der Waals surface area contributed by atoms with E-state index in [1.165, 1.54) is 11.8 Å². The van der Waals surface area contributed by atoms with Gasteiger partial charge in [0.15, 0.2) is 5.11 Å². The number of anilines is 3. The van der Waals surface area contributed by atoms with Gasteiger partial charge >= 0.3 is 0 Å². The van der Waals surface area contributed by atoms with E-state index in [1.54, 1.807) is 24.3 Å². The molecule has 0 fully saturated rings. The highest BCUT2D eigenvalue weighted by Gasteiger charge is 2.22. The van der Waals surface area contributed by atoms with Gasteiger partial charge in [-0.05, 0) is 72.4 Å². The van der Waals surface area contributed by atoms with Gasteiger partial charge in [0.05, 0.1) is 0 Å². The molecule has 6 nitrogen and oxygen atoms in total. The van der Waals surface area contributed by atoms with Crippen molar-refractivity contribution < 1.29 is 9.59 Å². The molecule has 4 aromatic carbocycles. The number of nitrogens with one attached hydrogen (secondary N) is 3. The molecule has 0 bridgehead atoms. The van der Waals surface area contributed by atoms with E-state index in [2.05, 4.69) is 16.0 Å². The van der Waals surface area contributed by atoms with Gasteiger partial charge < -0.3 is 21.7 Å². The van der Waals surface area contributed by atoms with Crippen molar-refractivity contribution in [3.05, 3.63) is 120 Å². The van der Waals surface area contributed by atoms with Gasteiger partial charge in [-0.2, -0.15) is 0 Å². The number of amides is 2. The fraction of sp³-hybridized carbons (Fsp3) is 0.0357. The maximum atomic E-state index is 13.3. The van der Waals surface area contributed by atoms with Crippen LogP contribution in [-0.2, 0) is 4.79 Å². The molecule has 0 aliphatic heterocycles. The van der Waals surface area contributed by atoms with Gasteiger partial charge in [-0.3, -0.25) is 9.59 Å². The molecule has 4 aromatic rings. The molecule has 1 atom stereocenters. The van der Waals surface area contributed by atoms with E-state index in [0.29, 0.717) is 16.4 Å². The van der Waals surface area contributed by atoms with Crippen LogP contribution >= 0.6 is 24.0 Å². The number of hydrogen-bond acceptors (Lipinski definition) is 4. The summed E-state index contributed by atoms with van der Waals surface area (Å²) in [7, 11) is 0. The highest BCUT2D eigenvalue weighted by Crippen LogP contribution is 2.37. The predicted molar refractivity (Wildman–Crippen MR) is 151 cm³/mol. The number of rotatable bonds is 8. The summed E-state index contributed by atoms with van der Waals surface area (Å²) in [5, 5.41) is 9.26. The van der Waals surface area contributed by atoms with Crippen LogP contribution in [-0.4, -0.2) is 16.9 Å². The Balaban J connectivity index is 1.49. The summed E-state index contributed by atoms with van der Waals surface area (Å²) >= 11 is 6.88. The minimum absolute atomic E-state index is 0.183. The van der Waals surface area contributed by atoms with Crippen molar-refractivity contribution in [2.75, 3.05) is 16.0 Å². The summed E-state index contributed by atoms with van der Waals surface area (Å²) < 4.78 is 0. The van der Waals surface area contributed by atoms with Crippen molar-refractivity contribution in [2.24, 2.45) is 5.73 Å². The number of hydrogen-bond donors (Lipinski definition) is 4. The van der Waals surface area contributed by atoms with Crippen LogP contribution in [0.3, 0.4) is 0 Å². The minimum atomic E-state index is -0.516. The van der Waals surface area contributed by atoms with Crippen molar-refractivity contribution in [2.45, 2.75) is 10.1 Å². The van der Waals surface area contributed by atoms with E-state index >= 15 is 0 Å². The molecule has 36 heavy (non-hydrogen) atoms. The highest BCUT2D eigenvalue weighted by atomic mass is 32.2. The first kappa shape index (κ1) is 25.0. The van der Waals surface area contributed by atoms with Crippen molar-refractivity contribution >= 4 is 58.0 Å². The molecule has 8 heteroatoms. The van der Waals surface area contributed by atoms with Crippen LogP contribution in [0.1, 0.15) is 21.2 Å². The van der Waals surface area contributed by atoms with Crippen LogP contribution in [0.25, 0.3) is 0 Å². The Bertz CT molecular complexity index is 1350. The number of primary amides is 1. The number of benzene rings is 4. The Hall–Kier alpha value is -4.14. The summed E-state index contributed by atoms with van der Waals surface area (Å²) in [4.78, 5) is 25.6. The Kier molecular flexibility index (Phi) is 8.33. The fourth-order valence-electron chi connectivity index (χ4n) is 3.42. The SMILES string of the molecule is NC(=O)c1ccc(NC(=O)C(Sc2cccc(NC(=S)Nc3ccccc3)c2)c2ccccc2)cc1. The lowest BCUT2D eigenvalue weighted by molar-refractivity contribution is -0.115. The third-order valence-electron chi connectivity index (χ3n) is 5.15. The monoisotopic (exact) mass is 512 g/mol. The van der Waals surface area contributed by atoms with Gasteiger partial charge in [-0.25, -0.2) is 0 Å². The minimum Gasteiger partial charge on any atom is -0.366 e. The fourth-order valence-corrected chi connectivity index (χ4v) is 4.74. The molecule has 5 N–H and O–H groups in total. The molecule has 0 spiro atoms. The first-order chi connectivity index (χ1) is 17.5. The second-order valence-electron chi connectivity index (χ2n) is 7.81. The van der Waals surface area contributed by atoms with Crippen molar-refractivity contribution in [3.8, 4) is 0 Å². The number of thioether (sulfide) groups is 1. The summed E-state index contributed by atoms with van der Waals surface area (Å²) in [5.41, 5.74) is 8.84. The summed E-state index contributed by atoms with van der Waals surface area (Å²) in [5.74, 6) is -0.699. The molecule has 0 aliphatic carbocycles. The molecule has 0 aromatic heterocycles. The third-order valence-corrected chi connectivity index (χ3v) is 6.61. The van der Waals surface area contributed by atoms with Crippen LogP contribution in [0.4, 0.5) is 17.1 Å². The normalized spacial score (nSPS) is 11.2. The van der Waals surface area contributed by atoms with Gasteiger partial charge in [0, 0.05) is 27.5 Å². The molecule has 180 valence electrons. The summed E-state index contributed by atoms with van der Waals surface area (Å²) in [6, 6.07) is 33.5. The summed E-state index contributed by atoms with van der Waals surface area (Å²) in [6.07, 6.45) is 0. The lowest BCUT2D eigenvalue weighted by Crippen LogP contribution is -2.20. The van der Waals surface area contributed by atoms with Crippen LogP contribution in [0.2, 0.25) is 0 Å². The lowest BCUT2D eigenvalue weighted by atomic mass is 10.1.